The van der Waals surface area contributed by atoms with E-state index in [2.05, 4.69) is 210 Å². The van der Waals surface area contributed by atoms with Crippen LogP contribution in [0.2, 0.25) is 0 Å². The van der Waals surface area contributed by atoms with Gasteiger partial charge in [-0.1, -0.05) is 158 Å². The van der Waals surface area contributed by atoms with Gasteiger partial charge in [-0.3, -0.25) is 9.47 Å². The molecule has 8 aromatic carbocycles. The van der Waals surface area contributed by atoms with Crippen LogP contribution in [-0.4, -0.2) is 9.55 Å². The molecule has 12 rings (SSSR count). The van der Waals surface area contributed by atoms with E-state index in [-0.39, 0.29) is 0 Å². The van der Waals surface area contributed by atoms with Crippen LogP contribution in [0.4, 0.5) is 17.2 Å². The minimum absolute atomic E-state index is 0.517. The molecule has 55 heavy (non-hydrogen) atoms. The van der Waals surface area contributed by atoms with E-state index < -0.39 is 5.41 Å². The second-order valence-corrected chi connectivity index (χ2v) is 14.7. The van der Waals surface area contributed by atoms with E-state index >= 15 is 0 Å². The van der Waals surface area contributed by atoms with Crippen LogP contribution in [0.25, 0.3) is 60.6 Å². The first-order valence-electron chi connectivity index (χ1n) is 19.0. The Kier molecular flexibility index (Phi) is 6.26. The molecule has 2 aliphatic rings. The number of rotatable bonds is 4. The summed E-state index contributed by atoms with van der Waals surface area (Å²) in [5.74, 6) is 1.77. The summed E-state index contributed by atoms with van der Waals surface area (Å²) in [5.41, 5.74) is 14.1. The van der Waals surface area contributed by atoms with Gasteiger partial charge >= 0.3 is 0 Å². The molecule has 0 atom stereocenters. The van der Waals surface area contributed by atoms with Gasteiger partial charge in [-0.25, -0.2) is 4.98 Å². The number of aromatic nitrogens is 2. The van der Waals surface area contributed by atoms with Gasteiger partial charge in [0.05, 0.1) is 27.8 Å². The number of fused-ring (bicyclic) bond motifs is 8. The third kappa shape index (κ3) is 4.07. The van der Waals surface area contributed by atoms with Crippen LogP contribution in [0.5, 0.6) is 0 Å². The van der Waals surface area contributed by atoms with Crippen LogP contribution in [0.3, 0.4) is 0 Å². The van der Waals surface area contributed by atoms with Crippen molar-refractivity contribution in [1.29, 1.82) is 0 Å². The lowest BCUT2D eigenvalue weighted by Gasteiger charge is -2.37. The lowest BCUT2D eigenvalue weighted by Crippen LogP contribution is -2.29. The summed E-state index contributed by atoms with van der Waals surface area (Å²) in [5, 5.41) is 4.90. The van der Waals surface area contributed by atoms with Gasteiger partial charge in [0, 0.05) is 21.7 Å². The summed E-state index contributed by atoms with van der Waals surface area (Å²) in [6.45, 7) is 0. The number of anilines is 3. The second-order valence-electron chi connectivity index (χ2n) is 14.7. The number of hydrogen-bond donors (Lipinski definition) is 0. The number of hydrogen-bond acceptors (Lipinski definition) is 2. The van der Waals surface area contributed by atoms with E-state index in [1.54, 1.807) is 0 Å². The Balaban J connectivity index is 1.18. The topological polar surface area (TPSA) is 21.1 Å². The maximum Gasteiger partial charge on any atom is 0.140 e. The molecule has 2 aromatic heterocycles. The molecule has 3 heteroatoms. The van der Waals surface area contributed by atoms with Crippen LogP contribution in [-0.2, 0) is 5.41 Å². The third-order valence-corrected chi connectivity index (χ3v) is 12.0. The van der Waals surface area contributed by atoms with Crippen LogP contribution in [0, 0.1) is 0 Å². The molecule has 3 heterocycles. The molecular weight excluding hydrogens is 667 g/mol. The fraction of sp³-hybridized carbons (Fsp3) is 0.0192. The number of pyridine rings is 1. The van der Waals surface area contributed by atoms with Gasteiger partial charge in [0.1, 0.15) is 11.6 Å². The van der Waals surface area contributed by atoms with Crippen molar-refractivity contribution in [3.8, 4) is 28.1 Å². The molecule has 1 aliphatic heterocycles. The molecule has 1 aliphatic carbocycles. The van der Waals surface area contributed by atoms with Gasteiger partial charge in [0.15, 0.2) is 0 Å². The molecule has 0 saturated carbocycles. The van der Waals surface area contributed by atoms with E-state index in [1.165, 1.54) is 66.1 Å². The van der Waals surface area contributed by atoms with E-state index in [0.29, 0.717) is 0 Å². The Morgan fingerprint density at radius 3 is 1.69 bits per heavy atom. The van der Waals surface area contributed by atoms with Gasteiger partial charge in [-0.15, -0.1) is 0 Å². The molecule has 0 saturated heterocycles. The van der Waals surface area contributed by atoms with Crippen LogP contribution < -0.4 is 4.90 Å². The average Bonchev–Trinajstić information content (AvgIpc) is 3.74. The molecular formula is C52H33N3. The van der Waals surface area contributed by atoms with Crippen molar-refractivity contribution in [1.82, 2.24) is 9.55 Å². The van der Waals surface area contributed by atoms with E-state index in [1.807, 2.05) is 0 Å². The van der Waals surface area contributed by atoms with Crippen molar-refractivity contribution >= 4 is 49.8 Å². The zero-order chi connectivity index (χ0) is 36.1. The average molecular weight is 700 g/mol. The standard InChI is InChI=1S/C52H33N3/c1-3-18-35(19-4-1)52(36-20-5-2-6-21-36)43-26-10-7-22-37(43)41-32-42-40-25-13-16-34-17-14-29-47(51(34)40)55(48(42)33-44(41)52)50-31-15-30-49(53-50)54-45-27-11-8-23-38(45)39-24-9-12-28-46(39)54/h1-33H. The summed E-state index contributed by atoms with van der Waals surface area (Å²) in [4.78, 5) is 7.98. The molecule has 0 amide bonds. The Morgan fingerprint density at radius 2 is 0.964 bits per heavy atom. The predicted octanol–water partition coefficient (Wildman–Crippen LogP) is 13.1. The molecule has 256 valence electrons. The number of benzene rings is 8. The van der Waals surface area contributed by atoms with Gasteiger partial charge < -0.3 is 0 Å². The maximum absolute atomic E-state index is 5.57. The fourth-order valence-corrected chi connectivity index (χ4v) is 9.82. The third-order valence-electron chi connectivity index (χ3n) is 12.0. The highest BCUT2D eigenvalue weighted by Crippen LogP contribution is 2.60. The van der Waals surface area contributed by atoms with E-state index in [4.69, 9.17) is 4.98 Å². The van der Waals surface area contributed by atoms with Crippen molar-refractivity contribution in [3.63, 3.8) is 0 Å². The second kappa shape index (κ2) is 11.4. The molecule has 0 N–H and O–H groups in total. The van der Waals surface area contributed by atoms with Crippen LogP contribution in [0.1, 0.15) is 22.3 Å². The van der Waals surface area contributed by atoms with Crippen molar-refractivity contribution in [3.05, 3.63) is 222 Å². The zero-order valence-corrected chi connectivity index (χ0v) is 29.9. The summed E-state index contributed by atoms with van der Waals surface area (Å²) in [6, 6.07) is 73.2. The largest absolute Gasteiger partial charge is 0.294 e. The molecule has 0 unspecified atom stereocenters. The summed E-state index contributed by atoms with van der Waals surface area (Å²) in [6.07, 6.45) is 0. The lowest BCUT2D eigenvalue weighted by atomic mass is 9.67. The normalized spacial score (nSPS) is 13.6. The van der Waals surface area contributed by atoms with Gasteiger partial charge in [0.25, 0.3) is 0 Å². The lowest BCUT2D eigenvalue weighted by molar-refractivity contribution is 0.768. The molecule has 0 fully saturated rings. The molecule has 0 spiro atoms. The van der Waals surface area contributed by atoms with E-state index in [0.717, 1.165) is 34.0 Å². The van der Waals surface area contributed by atoms with Crippen LogP contribution in [0.15, 0.2) is 200 Å². The van der Waals surface area contributed by atoms with Crippen molar-refractivity contribution in [2.45, 2.75) is 5.41 Å². The Morgan fingerprint density at radius 1 is 0.382 bits per heavy atom. The highest BCUT2D eigenvalue weighted by molar-refractivity contribution is 6.15. The molecule has 3 nitrogen and oxygen atoms in total. The monoisotopic (exact) mass is 699 g/mol. The van der Waals surface area contributed by atoms with Crippen molar-refractivity contribution in [2.24, 2.45) is 0 Å². The zero-order valence-electron chi connectivity index (χ0n) is 29.9. The maximum atomic E-state index is 5.57. The minimum atomic E-state index is -0.517. The fourth-order valence-electron chi connectivity index (χ4n) is 9.82. The molecule has 10 aromatic rings. The Bertz CT molecular complexity index is 3060. The summed E-state index contributed by atoms with van der Waals surface area (Å²) in [7, 11) is 0. The summed E-state index contributed by atoms with van der Waals surface area (Å²) >= 11 is 0. The predicted molar refractivity (Wildman–Crippen MR) is 227 cm³/mol. The Labute approximate surface area is 319 Å². The van der Waals surface area contributed by atoms with Gasteiger partial charge in [0.2, 0.25) is 0 Å². The first-order valence-corrected chi connectivity index (χ1v) is 19.0. The SMILES string of the molecule is c1ccc(C2(c3ccccc3)c3ccccc3-c3cc4c(cc32)N(c2cccc(-n3c5ccccc5c5ccccc53)n2)c2cccc3cccc-4c23)cc1. The van der Waals surface area contributed by atoms with Crippen molar-refractivity contribution in [2.75, 3.05) is 4.90 Å². The highest BCUT2D eigenvalue weighted by atomic mass is 15.2. The highest BCUT2D eigenvalue weighted by Gasteiger charge is 2.47. The Hall–Kier alpha value is -7.23. The van der Waals surface area contributed by atoms with Crippen molar-refractivity contribution < 1.29 is 0 Å². The quantitative estimate of drug-likeness (QED) is 0.182. The minimum Gasteiger partial charge on any atom is -0.294 e. The number of nitrogens with zero attached hydrogens (tertiary/aromatic N) is 3. The summed E-state index contributed by atoms with van der Waals surface area (Å²) < 4.78 is 2.31. The van der Waals surface area contributed by atoms with E-state index in [9.17, 15) is 0 Å². The molecule has 0 radical (unpaired) electrons. The number of para-hydroxylation sites is 2. The first kappa shape index (κ1) is 30.3. The smallest absolute Gasteiger partial charge is 0.140 e. The molecule has 0 bridgehead atoms. The van der Waals surface area contributed by atoms with Gasteiger partial charge in [-0.2, -0.15) is 0 Å². The first-order chi connectivity index (χ1) is 27.3. The van der Waals surface area contributed by atoms with Gasteiger partial charge in [-0.05, 0) is 86.8 Å². The van der Waals surface area contributed by atoms with Crippen LogP contribution >= 0.6 is 0 Å².